The molecule has 0 aromatic heterocycles. The molecule has 0 spiro atoms. The van der Waals surface area contributed by atoms with Crippen molar-refractivity contribution in [2.24, 2.45) is 0 Å². The molecule has 1 rings (SSSR count). The average molecular weight is 275 g/mol. The van der Waals surface area contributed by atoms with E-state index in [1.165, 1.54) is 18.2 Å². The summed E-state index contributed by atoms with van der Waals surface area (Å²) in [5.74, 6) is -1.96. The number of carbonyl (C=O) groups excluding carboxylic acids is 1. The van der Waals surface area contributed by atoms with Crippen LogP contribution < -0.4 is 0 Å². The number of rotatable bonds is 4. The van der Waals surface area contributed by atoms with Gasteiger partial charge in [0.15, 0.2) is 5.78 Å². The van der Waals surface area contributed by atoms with Crippen molar-refractivity contribution < 1.29 is 19.1 Å². The van der Waals surface area contributed by atoms with Crippen molar-refractivity contribution in [2.45, 2.75) is 12.8 Å². The fourth-order valence-corrected chi connectivity index (χ4v) is 1.56. The lowest BCUT2D eigenvalue weighted by molar-refractivity contribution is -0.136. The van der Waals surface area contributed by atoms with Gasteiger partial charge in [0.2, 0.25) is 0 Å². The van der Waals surface area contributed by atoms with Crippen molar-refractivity contribution in [1.82, 2.24) is 0 Å². The van der Waals surface area contributed by atoms with E-state index in [-0.39, 0.29) is 28.7 Å². The third-order valence-electron chi connectivity index (χ3n) is 1.82. The normalized spacial score (nSPS) is 10.0. The van der Waals surface area contributed by atoms with E-state index in [9.17, 15) is 14.0 Å². The predicted molar refractivity (Wildman–Crippen MR) is 55.3 cm³/mol. The zero-order chi connectivity index (χ0) is 11.4. The largest absolute Gasteiger partial charge is 0.481 e. The molecule has 0 fully saturated rings. The van der Waals surface area contributed by atoms with Gasteiger partial charge in [0.25, 0.3) is 0 Å². The molecule has 15 heavy (non-hydrogen) atoms. The van der Waals surface area contributed by atoms with Gasteiger partial charge in [-0.25, -0.2) is 4.39 Å². The van der Waals surface area contributed by atoms with Crippen LogP contribution in [0.2, 0.25) is 0 Å². The van der Waals surface area contributed by atoms with Crippen molar-refractivity contribution in [3.05, 3.63) is 34.1 Å². The third-order valence-corrected chi connectivity index (χ3v) is 2.62. The van der Waals surface area contributed by atoms with Gasteiger partial charge in [0.1, 0.15) is 5.82 Å². The maximum atomic E-state index is 13.0. The Bertz CT molecular complexity index is 404. The first-order valence-corrected chi connectivity index (χ1v) is 5.00. The fourth-order valence-electron chi connectivity index (χ4n) is 1.07. The molecule has 0 aliphatic heterocycles. The number of benzene rings is 1. The van der Waals surface area contributed by atoms with Crippen LogP contribution in [-0.4, -0.2) is 16.9 Å². The molecule has 0 saturated heterocycles. The molecule has 0 aliphatic carbocycles. The average Bonchev–Trinajstić information content (AvgIpc) is 2.18. The van der Waals surface area contributed by atoms with Gasteiger partial charge in [0, 0.05) is 12.0 Å². The van der Waals surface area contributed by atoms with Crippen molar-refractivity contribution in [3.8, 4) is 0 Å². The highest BCUT2D eigenvalue weighted by Gasteiger charge is 2.13. The molecular formula is C10H8BrFO3. The van der Waals surface area contributed by atoms with Crippen molar-refractivity contribution >= 4 is 27.7 Å². The highest BCUT2D eigenvalue weighted by molar-refractivity contribution is 9.10. The smallest absolute Gasteiger partial charge is 0.303 e. The number of ketones is 1. The molecule has 80 valence electrons. The van der Waals surface area contributed by atoms with Gasteiger partial charge >= 0.3 is 5.97 Å². The second-order valence-corrected chi connectivity index (χ2v) is 3.71. The standard InChI is InChI=1S/C10H8BrFO3/c11-10-6(2-1-3-7(10)12)8(13)4-5-9(14)15/h1-3H,4-5H2,(H,14,15). The van der Waals surface area contributed by atoms with Gasteiger partial charge in [-0.15, -0.1) is 0 Å². The van der Waals surface area contributed by atoms with Gasteiger partial charge in [-0.2, -0.15) is 0 Å². The lowest BCUT2D eigenvalue weighted by Gasteiger charge is -2.02. The molecule has 0 heterocycles. The topological polar surface area (TPSA) is 54.4 Å². The number of hydrogen-bond acceptors (Lipinski definition) is 2. The highest BCUT2D eigenvalue weighted by Crippen LogP contribution is 2.21. The van der Waals surface area contributed by atoms with Gasteiger partial charge < -0.3 is 5.11 Å². The van der Waals surface area contributed by atoms with E-state index in [4.69, 9.17) is 5.11 Å². The Hall–Kier alpha value is -1.23. The number of aliphatic carboxylic acids is 1. The molecule has 3 nitrogen and oxygen atoms in total. The highest BCUT2D eigenvalue weighted by atomic mass is 79.9. The fraction of sp³-hybridized carbons (Fsp3) is 0.200. The number of carboxylic acid groups (broad SMARTS) is 1. The van der Waals surface area contributed by atoms with Crippen LogP contribution in [0.4, 0.5) is 4.39 Å². The SMILES string of the molecule is O=C(O)CCC(=O)c1cccc(F)c1Br. The second kappa shape index (κ2) is 5.02. The predicted octanol–water partition coefficient (Wildman–Crippen LogP) is 2.64. The Morgan fingerprint density at radius 1 is 1.33 bits per heavy atom. The summed E-state index contributed by atoms with van der Waals surface area (Å²) in [4.78, 5) is 21.7. The molecule has 0 unspecified atom stereocenters. The number of carboxylic acids is 1. The molecule has 0 atom stereocenters. The van der Waals surface area contributed by atoms with Gasteiger partial charge in [-0.1, -0.05) is 12.1 Å². The quantitative estimate of drug-likeness (QED) is 0.859. The Kier molecular flexibility index (Phi) is 3.96. The van der Waals surface area contributed by atoms with Crippen LogP contribution in [0.3, 0.4) is 0 Å². The van der Waals surface area contributed by atoms with Crippen LogP contribution >= 0.6 is 15.9 Å². The van der Waals surface area contributed by atoms with Crippen LogP contribution in [0.5, 0.6) is 0 Å². The Balaban J connectivity index is 2.82. The van der Waals surface area contributed by atoms with E-state index in [0.717, 1.165) is 0 Å². The number of halogens is 2. The van der Waals surface area contributed by atoms with E-state index < -0.39 is 11.8 Å². The summed E-state index contributed by atoms with van der Waals surface area (Å²) in [6.07, 6.45) is -0.376. The summed E-state index contributed by atoms with van der Waals surface area (Å²) in [7, 11) is 0. The minimum Gasteiger partial charge on any atom is -0.481 e. The molecule has 5 heteroatoms. The Labute approximate surface area is 94.0 Å². The first-order chi connectivity index (χ1) is 7.02. The van der Waals surface area contributed by atoms with E-state index >= 15 is 0 Å². The molecule has 1 N–H and O–H groups in total. The van der Waals surface area contributed by atoms with Gasteiger partial charge in [0.05, 0.1) is 10.9 Å². The monoisotopic (exact) mass is 274 g/mol. The second-order valence-electron chi connectivity index (χ2n) is 2.92. The van der Waals surface area contributed by atoms with Crippen LogP contribution in [0.15, 0.2) is 22.7 Å². The summed E-state index contributed by atoms with van der Waals surface area (Å²) >= 11 is 2.94. The molecule has 0 amide bonds. The van der Waals surface area contributed by atoms with Crippen molar-refractivity contribution in [1.29, 1.82) is 0 Å². The molecule has 1 aromatic rings. The number of hydrogen-bond donors (Lipinski definition) is 1. The summed E-state index contributed by atoms with van der Waals surface area (Å²) in [6.45, 7) is 0. The van der Waals surface area contributed by atoms with E-state index in [0.29, 0.717) is 0 Å². The molecular weight excluding hydrogens is 267 g/mol. The Morgan fingerprint density at radius 2 is 2.00 bits per heavy atom. The van der Waals surface area contributed by atoms with Crippen molar-refractivity contribution in [2.75, 3.05) is 0 Å². The summed E-state index contributed by atoms with van der Waals surface area (Å²) in [5, 5.41) is 8.40. The third kappa shape index (κ3) is 3.13. The lowest BCUT2D eigenvalue weighted by atomic mass is 10.1. The van der Waals surface area contributed by atoms with E-state index in [1.807, 2.05) is 0 Å². The minimum atomic E-state index is -1.05. The minimum absolute atomic E-state index is 0.0837. The number of carbonyl (C=O) groups is 2. The van der Waals surface area contributed by atoms with E-state index in [1.54, 1.807) is 0 Å². The summed E-state index contributed by atoms with van der Waals surface area (Å²) < 4.78 is 13.1. The first kappa shape index (κ1) is 11.8. The van der Waals surface area contributed by atoms with Gasteiger partial charge in [-0.3, -0.25) is 9.59 Å². The van der Waals surface area contributed by atoms with E-state index in [2.05, 4.69) is 15.9 Å². The zero-order valence-electron chi connectivity index (χ0n) is 7.67. The maximum absolute atomic E-state index is 13.0. The molecule has 0 radical (unpaired) electrons. The number of Topliss-reactive ketones (excluding diaryl/α,β-unsaturated/α-hetero) is 1. The Morgan fingerprint density at radius 3 is 2.60 bits per heavy atom. The summed E-state index contributed by atoms with van der Waals surface area (Å²) in [5.41, 5.74) is 0.177. The van der Waals surface area contributed by atoms with Crippen LogP contribution in [0.25, 0.3) is 0 Å². The molecule has 0 bridgehead atoms. The summed E-state index contributed by atoms with van der Waals surface area (Å²) in [6, 6.07) is 4.09. The van der Waals surface area contributed by atoms with Crippen molar-refractivity contribution in [3.63, 3.8) is 0 Å². The van der Waals surface area contributed by atoms with Crippen LogP contribution in [0, 0.1) is 5.82 Å². The van der Waals surface area contributed by atoms with Crippen LogP contribution in [0.1, 0.15) is 23.2 Å². The van der Waals surface area contributed by atoms with Gasteiger partial charge in [-0.05, 0) is 22.0 Å². The first-order valence-electron chi connectivity index (χ1n) is 4.21. The van der Waals surface area contributed by atoms with Crippen LogP contribution in [-0.2, 0) is 4.79 Å². The lowest BCUT2D eigenvalue weighted by Crippen LogP contribution is -2.05. The molecule has 1 aromatic carbocycles. The zero-order valence-corrected chi connectivity index (χ0v) is 9.25. The molecule has 0 saturated carbocycles. The molecule has 0 aliphatic rings. The maximum Gasteiger partial charge on any atom is 0.303 e.